The molecule has 25 heavy (non-hydrogen) atoms. The number of benzene rings is 1. The number of ether oxygens (including phenoxy) is 1. The molecule has 1 rings (SSSR count). The lowest BCUT2D eigenvalue weighted by atomic mass is 10.1. The van der Waals surface area contributed by atoms with Crippen LogP contribution in [0.1, 0.15) is 44.6 Å². The van der Waals surface area contributed by atoms with Gasteiger partial charge in [-0.05, 0) is 37.0 Å². The number of carboxylic acids is 1. The minimum Gasteiger partial charge on any atom is -0.502 e. The maximum atomic E-state index is 11.4. The molecule has 0 unspecified atom stereocenters. The fourth-order valence-corrected chi connectivity index (χ4v) is 2.25. The molecule has 1 aromatic carbocycles. The third kappa shape index (κ3) is 9.39. The molecule has 0 heterocycles. The Morgan fingerprint density at radius 1 is 1.16 bits per heavy atom. The van der Waals surface area contributed by atoms with E-state index in [1.807, 2.05) is 24.3 Å². The van der Waals surface area contributed by atoms with Crippen LogP contribution in [0.2, 0.25) is 0 Å². The zero-order valence-corrected chi connectivity index (χ0v) is 14.7. The summed E-state index contributed by atoms with van der Waals surface area (Å²) in [5, 5.41) is 20.0. The number of aliphatic hydroxyl groups is 1. The lowest BCUT2D eigenvalue weighted by Gasteiger charge is -2.08. The monoisotopic (exact) mass is 349 g/mol. The molecule has 1 aromatic rings. The number of amides is 1. The molecule has 3 N–H and O–H groups in total. The predicted molar refractivity (Wildman–Crippen MR) is 95.8 cm³/mol. The highest BCUT2D eigenvalue weighted by Crippen LogP contribution is 2.15. The number of aryl methyl sites for hydroxylation is 1. The molecule has 0 radical (unpaired) electrons. The number of carbonyl (C=O) groups is 2. The summed E-state index contributed by atoms with van der Waals surface area (Å²) in [5.41, 5.74) is 1.12. The number of hydrogen-bond acceptors (Lipinski definition) is 4. The molecular weight excluding hydrogens is 322 g/mol. The van der Waals surface area contributed by atoms with Crippen molar-refractivity contribution in [3.8, 4) is 5.75 Å². The van der Waals surface area contributed by atoms with Gasteiger partial charge in [0.1, 0.15) is 5.75 Å². The van der Waals surface area contributed by atoms with Crippen LogP contribution in [0.25, 0.3) is 0 Å². The highest BCUT2D eigenvalue weighted by molar-refractivity contribution is 5.95. The first kappa shape index (κ1) is 20.5. The number of unbranched alkanes of at least 4 members (excludes halogenated alkanes) is 3. The van der Waals surface area contributed by atoms with Crippen LogP contribution in [-0.2, 0) is 16.0 Å². The number of carboxylic acid groups (broad SMARTS) is 1. The van der Waals surface area contributed by atoms with E-state index in [1.54, 1.807) is 0 Å². The fourth-order valence-electron chi connectivity index (χ4n) is 2.25. The molecule has 0 aliphatic heterocycles. The minimum absolute atomic E-state index is 0.393. The first-order valence-electron chi connectivity index (χ1n) is 8.66. The van der Waals surface area contributed by atoms with Crippen LogP contribution in [0.4, 0.5) is 0 Å². The second kappa shape index (κ2) is 11.9. The van der Waals surface area contributed by atoms with E-state index in [1.165, 1.54) is 19.3 Å². The van der Waals surface area contributed by atoms with E-state index in [2.05, 4.69) is 12.2 Å². The topological polar surface area (TPSA) is 95.9 Å². The van der Waals surface area contributed by atoms with Crippen LogP contribution < -0.4 is 10.1 Å². The number of nitrogens with one attached hydrogen (secondary N) is 1. The molecule has 0 saturated carbocycles. The summed E-state index contributed by atoms with van der Waals surface area (Å²) in [6.07, 6.45) is 6.81. The first-order valence-corrected chi connectivity index (χ1v) is 8.66. The van der Waals surface area contributed by atoms with Gasteiger partial charge in [-0.25, -0.2) is 4.79 Å². The molecule has 0 bridgehead atoms. The molecule has 0 aliphatic carbocycles. The Morgan fingerprint density at radius 2 is 1.96 bits per heavy atom. The smallest absolute Gasteiger partial charge is 0.371 e. The quantitative estimate of drug-likeness (QED) is 0.306. The van der Waals surface area contributed by atoms with E-state index in [0.717, 1.165) is 30.8 Å². The van der Waals surface area contributed by atoms with Crippen molar-refractivity contribution < 1.29 is 24.5 Å². The van der Waals surface area contributed by atoms with Gasteiger partial charge in [-0.3, -0.25) is 4.79 Å². The summed E-state index contributed by atoms with van der Waals surface area (Å²) < 4.78 is 5.74. The highest BCUT2D eigenvalue weighted by atomic mass is 16.5. The Labute approximate surface area is 148 Å². The van der Waals surface area contributed by atoms with Gasteiger partial charge in [-0.1, -0.05) is 38.3 Å². The van der Waals surface area contributed by atoms with Gasteiger partial charge in [0.25, 0.3) is 0 Å². The molecule has 0 saturated heterocycles. The van der Waals surface area contributed by atoms with E-state index in [-0.39, 0.29) is 0 Å². The number of carbonyl (C=O) groups excluding carboxylic acids is 1. The van der Waals surface area contributed by atoms with Crippen molar-refractivity contribution >= 4 is 11.9 Å². The lowest BCUT2D eigenvalue weighted by molar-refractivity contribution is -0.136. The van der Waals surface area contributed by atoms with Gasteiger partial charge < -0.3 is 20.3 Å². The summed E-state index contributed by atoms with van der Waals surface area (Å²) >= 11 is 0. The third-order valence-corrected chi connectivity index (χ3v) is 3.59. The van der Waals surface area contributed by atoms with Crippen molar-refractivity contribution in [2.75, 3.05) is 13.2 Å². The van der Waals surface area contributed by atoms with Gasteiger partial charge in [-0.15, -0.1) is 0 Å². The van der Waals surface area contributed by atoms with E-state index in [0.29, 0.717) is 19.0 Å². The first-order chi connectivity index (χ1) is 12.0. The molecular formula is C19H27NO5. The van der Waals surface area contributed by atoms with Gasteiger partial charge in [0.05, 0.1) is 12.7 Å². The fraction of sp³-hybridized carbons (Fsp3) is 0.474. The van der Waals surface area contributed by atoms with Crippen molar-refractivity contribution in [3.63, 3.8) is 0 Å². The van der Waals surface area contributed by atoms with Crippen molar-refractivity contribution in [1.82, 2.24) is 5.32 Å². The minimum atomic E-state index is -1.53. The van der Waals surface area contributed by atoms with Gasteiger partial charge in [-0.2, -0.15) is 0 Å². The highest BCUT2D eigenvalue weighted by Gasteiger charge is 2.06. The van der Waals surface area contributed by atoms with Crippen molar-refractivity contribution in [1.29, 1.82) is 0 Å². The van der Waals surface area contributed by atoms with Gasteiger partial charge in [0.15, 0.2) is 0 Å². The number of rotatable bonds is 12. The van der Waals surface area contributed by atoms with E-state index < -0.39 is 17.6 Å². The molecule has 138 valence electrons. The Balaban J connectivity index is 2.29. The number of hydrogen-bond donors (Lipinski definition) is 3. The van der Waals surface area contributed by atoms with Crippen molar-refractivity contribution in [2.45, 2.75) is 45.4 Å². The Bertz CT molecular complexity index is 583. The van der Waals surface area contributed by atoms with Crippen LogP contribution in [0, 0.1) is 0 Å². The van der Waals surface area contributed by atoms with Crippen molar-refractivity contribution in [2.24, 2.45) is 0 Å². The third-order valence-electron chi connectivity index (χ3n) is 3.59. The SMILES string of the molecule is CCCCCCOc1cccc(CCCNC(=O)/C=C(\O)C(=O)O)c1. The average molecular weight is 349 g/mol. The van der Waals surface area contributed by atoms with Gasteiger partial charge in [0.2, 0.25) is 11.7 Å². The molecule has 0 aliphatic rings. The van der Waals surface area contributed by atoms with E-state index >= 15 is 0 Å². The molecule has 0 atom stereocenters. The molecule has 0 aromatic heterocycles. The van der Waals surface area contributed by atoms with Crippen molar-refractivity contribution in [3.05, 3.63) is 41.7 Å². The molecule has 6 nitrogen and oxygen atoms in total. The second-order valence-electron chi connectivity index (χ2n) is 5.79. The van der Waals surface area contributed by atoms with E-state index in [9.17, 15) is 9.59 Å². The molecule has 0 spiro atoms. The molecule has 1 amide bonds. The average Bonchev–Trinajstić information content (AvgIpc) is 2.59. The lowest BCUT2D eigenvalue weighted by Crippen LogP contribution is -2.23. The maximum absolute atomic E-state index is 11.4. The zero-order chi connectivity index (χ0) is 18.5. The Hall–Kier alpha value is -2.50. The molecule has 0 fully saturated rings. The maximum Gasteiger partial charge on any atom is 0.371 e. The normalized spacial score (nSPS) is 11.2. The zero-order valence-electron chi connectivity index (χ0n) is 14.7. The predicted octanol–water partition coefficient (Wildman–Crippen LogP) is 3.22. The summed E-state index contributed by atoms with van der Waals surface area (Å²) in [7, 11) is 0. The largest absolute Gasteiger partial charge is 0.502 e. The van der Waals surface area contributed by atoms with Gasteiger partial charge >= 0.3 is 5.97 Å². The standard InChI is InChI=1S/C19H27NO5/c1-2-3-4-5-12-25-16-10-6-8-15(13-16)9-7-11-20-18(22)14-17(21)19(23)24/h6,8,10,13-14,21H,2-5,7,9,11-12H2,1H3,(H,20,22)(H,23,24)/b17-14-. The summed E-state index contributed by atoms with van der Waals surface area (Å²) in [4.78, 5) is 21.8. The van der Waals surface area contributed by atoms with Gasteiger partial charge in [0, 0.05) is 6.54 Å². The summed E-state index contributed by atoms with van der Waals surface area (Å²) in [6, 6.07) is 7.88. The van der Waals surface area contributed by atoms with Crippen LogP contribution >= 0.6 is 0 Å². The van der Waals surface area contributed by atoms with Crippen LogP contribution in [0.3, 0.4) is 0 Å². The van der Waals surface area contributed by atoms with Crippen LogP contribution in [-0.4, -0.2) is 35.2 Å². The Morgan fingerprint density at radius 3 is 2.68 bits per heavy atom. The van der Waals surface area contributed by atoms with E-state index in [4.69, 9.17) is 14.9 Å². The Kier molecular flexibility index (Phi) is 9.82. The second-order valence-corrected chi connectivity index (χ2v) is 5.79. The molecule has 6 heteroatoms. The number of aliphatic hydroxyl groups excluding tert-OH is 1. The van der Waals surface area contributed by atoms with Crippen LogP contribution in [0.5, 0.6) is 5.75 Å². The summed E-state index contributed by atoms with van der Waals surface area (Å²) in [5.74, 6) is -2.26. The summed E-state index contributed by atoms with van der Waals surface area (Å²) in [6.45, 7) is 3.29. The van der Waals surface area contributed by atoms with Crippen LogP contribution in [0.15, 0.2) is 36.1 Å². The number of aliphatic carboxylic acids is 1.